The van der Waals surface area contributed by atoms with Gasteiger partial charge >= 0.3 is 0 Å². The third-order valence-electron chi connectivity index (χ3n) is 2.59. The first-order valence-electron chi connectivity index (χ1n) is 5.67. The van der Waals surface area contributed by atoms with Crippen molar-refractivity contribution in [1.82, 2.24) is 19.9 Å². The topological polar surface area (TPSA) is 83.6 Å². The zero-order valence-electron chi connectivity index (χ0n) is 10.2. The summed E-state index contributed by atoms with van der Waals surface area (Å²) in [5.74, 6) is -2.60. The van der Waals surface area contributed by atoms with Gasteiger partial charge in [-0.15, -0.1) is 0 Å². The normalized spacial score (nSPS) is 10.8. The van der Waals surface area contributed by atoms with Gasteiger partial charge in [-0.2, -0.15) is 9.97 Å². The fraction of sp³-hybridized carbons (Fsp3) is 0. The molecule has 0 fully saturated rings. The summed E-state index contributed by atoms with van der Waals surface area (Å²) in [7, 11) is 0. The number of carbonyl (C=O) groups is 1. The summed E-state index contributed by atoms with van der Waals surface area (Å²) in [6.45, 7) is 0. The van der Waals surface area contributed by atoms with Crippen LogP contribution in [0.2, 0.25) is 5.15 Å². The highest BCUT2D eigenvalue weighted by molar-refractivity contribution is 6.33. The van der Waals surface area contributed by atoms with Gasteiger partial charge in [0.15, 0.2) is 10.8 Å². The summed E-state index contributed by atoms with van der Waals surface area (Å²) in [6.07, 6.45) is 1.37. The van der Waals surface area contributed by atoms with Crippen LogP contribution >= 0.6 is 11.6 Å². The molecule has 0 atom stereocenters. The lowest BCUT2D eigenvalue weighted by Crippen LogP contribution is -2.15. The van der Waals surface area contributed by atoms with Gasteiger partial charge in [-0.3, -0.25) is 10.1 Å². The molecule has 1 aromatic carbocycles. The Hall–Kier alpha value is -2.61. The Morgan fingerprint density at radius 2 is 1.90 bits per heavy atom. The van der Waals surface area contributed by atoms with Gasteiger partial charge < -0.3 is 4.98 Å². The van der Waals surface area contributed by atoms with Crippen LogP contribution in [0.25, 0.3) is 11.2 Å². The van der Waals surface area contributed by atoms with E-state index < -0.39 is 17.5 Å². The van der Waals surface area contributed by atoms with E-state index in [1.165, 1.54) is 6.33 Å². The summed E-state index contributed by atoms with van der Waals surface area (Å²) in [4.78, 5) is 26.3. The van der Waals surface area contributed by atoms with Crippen molar-refractivity contribution in [2.45, 2.75) is 0 Å². The molecule has 0 aliphatic rings. The molecule has 106 valence electrons. The first kappa shape index (κ1) is 13.4. The third kappa shape index (κ3) is 2.65. The van der Waals surface area contributed by atoms with Crippen molar-refractivity contribution in [1.29, 1.82) is 0 Å². The van der Waals surface area contributed by atoms with E-state index >= 15 is 0 Å². The number of benzene rings is 1. The van der Waals surface area contributed by atoms with E-state index in [4.69, 9.17) is 11.6 Å². The Kier molecular flexibility index (Phi) is 3.22. The summed E-state index contributed by atoms with van der Waals surface area (Å²) < 4.78 is 26.1. The molecule has 9 heteroatoms. The minimum Gasteiger partial charge on any atom is -0.341 e. The smallest absolute Gasteiger partial charge is 0.258 e. The first-order valence-corrected chi connectivity index (χ1v) is 6.05. The number of imidazole rings is 1. The number of halogens is 3. The number of nitrogens with zero attached hydrogens (tertiary/aromatic N) is 3. The van der Waals surface area contributed by atoms with Crippen LogP contribution in [0.4, 0.5) is 14.7 Å². The standard InChI is InChI=1S/C12H6ClF2N5O/c13-9-8-10(17-4-16-8)19-12(18-9)20-11(21)5-1-6(14)3-7(15)2-5/h1-4H,(H2,16,17,18,19,20,21). The van der Waals surface area contributed by atoms with Gasteiger partial charge in [0.2, 0.25) is 5.95 Å². The Morgan fingerprint density at radius 3 is 2.62 bits per heavy atom. The molecule has 0 aliphatic carbocycles. The second-order valence-corrected chi connectivity index (χ2v) is 4.41. The van der Waals surface area contributed by atoms with Gasteiger partial charge in [0.1, 0.15) is 17.2 Å². The Labute approximate surface area is 121 Å². The van der Waals surface area contributed by atoms with Crippen molar-refractivity contribution in [2.24, 2.45) is 0 Å². The average Bonchev–Trinajstić information content (AvgIpc) is 2.86. The zero-order valence-corrected chi connectivity index (χ0v) is 10.9. The monoisotopic (exact) mass is 309 g/mol. The minimum atomic E-state index is -0.859. The SMILES string of the molecule is O=C(Nc1nc(Cl)c2[nH]cnc2n1)c1cc(F)cc(F)c1. The first-order chi connectivity index (χ1) is 10.0. The number of fused-ring (bicyclic) bond motifs is 1. The number of amides is 1. The summed E-state index contributed by atoms with van der Waals surface area (Å²) >= 11 is 5.89. The maximum atomic E-state index is 13.1. The lowest BCUT2D eigenvalue weighted by Gasteiger charge is -2.04. The lowest BCUT2D eigenvalue weighted by molar-refractivity contribution is 0.102. The number of H-pyrrole nitrogens is 1. The Morgan fingerprint density at radius 1 is 1.19 bits per heavy atom. The summed E-state index contributed by atoms with van der Waals surface area (Å²) in [5, 5.41) is 2.37. The van der Waals surface area contributed by atoms with Crippen molar-refractivity contribution in [3.63, 3.8) is 0 Å². The van der Waals surface area contributed by atoms with E-state index in [0.717, 1.165) is 12.1 Å². The molecular weight excluding hydrogens is 304 g/mol. The van der Waals surface area contributed by atoms with Crippen LogP contribution < -0.4 is 5.32 Å². The highest BCUT2D eigenvalue weighted by Crippen LogP contribution is 2.18. The lowest BCUT2D eigenvalue weighted by atomic mass is 10.2. The van der Waals surface area contributed by atoms with E-state index in [2.05, 4.69) is 25.3 Å². The van der Waals surface area contributed by atoms with Crippen LogP contribution in [-0.2, 0) is 0 Å². The van der Waals surface area contributed by atoms with E-state index in [0.29, 0.717) is 11.6 Å². The van der Waals surface area contributed by atoms with Gasteiger partial charge in [-0.05, 0) is 12.1 Å². The van der Waals surface area contributed by atoms with Gasteiger partial charge in [0, 0.05) is 11.6 Å². The van der Waals surface area contributed by atoms with Gasteiger partial charge in [-0.1, -0.05) is 11.6 Å². The molecule has 0 radical (unpaired) electrons. The predicted molar refractivity (Wildman–Crippen MR) is 71.0 cm³/mol. The molecule has 0 aliphatic heterocycles. The van der Waals surface area contributed by atoms with Crippen LogP contribution in [0.1, 0.15) is 10.4 Å². The van der Waals surface area contributed by atoms with E-state index in [9.17, 15) is 13.6 Å². The number of nitrogens with one attached hydrogen (secondary N) is 2. The van der Waals surface area contributed by atoms with E-state index in [1.807, 2.05) is 0 Å². The highest BCUT2D eigenvalue weighted by Gasteiger charge is 2.13. The van der Waals surface area contributed by atoms with Gasteiger partial charge in [0.25, 0.3) is 5.91 Å². The zero-order chi connectivity index (χ0) is 15.0. The number of hydrogen-bond acceptors (Lipinski definition) is 4. The molecule has 0 bridgehead atoms. The number of carbonyl (C=O) groups excluding carboxylic acids is 1. The molecule has 6 nitrogen and oxygen atoms in total. The maximum Gasteiger partial charge on any atom is 0.258 e. The molecule has 0 saturated carbocycles. The average molecular weight is 310 g/mol. The third-order valence-corrected chi connectivity index (χ3v) is 2.87. The summed E-state index contributed by atoms with van der Waals surface area (Å²) in [5.41, 5.74) is 0.483. The second-order valence-electron chi connectivity index (χ2n) is 4.05. The molecule has 1 amide bonds. The van der Waals surface area contributed by atoms with Gasteiger partial charge in [0.05, 0.1) is 6.33 Å². The van der Waals surface area contributed by atoms with Crippen LogP contribution in [-0.4, -0.2) is 25.8 Å². The number of hydrogen-bond donors (Lipinski definition) is 2. The fourth-order valence-electron chi connectivity index (χ4n) is 1.71. The number of aromatic nitrogens is 4. The number of rotatable bonds is 2. The van der Waals surface area contributed by atoms with Crippen molar-refractivity contribution in [3.8, 4) is 0 Å². The van der Waals surface area contributed by atoms with Crippen molar-refractivity contribution in [2.75, 3.05) is 5.32 Å². The molecule has 3 rings (SSSR count). The molecule has 0 unspecified atom stereocenters. The van der Waals surface area contributed by atoms with Crippen LogP contribution in [0, 0.1) is 11.6 Å². The highest BCUT2D eigenvalue weighted by atomic mass is 35.5. The molecule has 2 aromatic heterocycles. The van der Waals surface area contributed by atoms with Crippen molar-refractivity contribution >= 4 is 34.6 Å². The molecule has 0 saturated heterocycles. The molecule has 21 heavy (non-hydrogen) atoms. The quantitative estimate of drug-likeness (QED) is 0.713. The predicted octanol–water partition coefficient (Wildman–Crippen LogP) is 2.54. The molecule has 2 N–H and O–H groups in total. The van der Waals surface area contributed by atoms with Crippen LogP contribution in [0.3, 0.4) is 0 Å². The van der Waals surface area contributed by atoms with Gasteiger partial charge in [-0.25, -0.2) is 13.8 Å². The van der Waals surface area contributed by atoms with E-state index in [1.54, 1.807) is 0 Å². The minimum absolute atomic E-state index is 0.0678. The molecule has 3 aromatic rings. The largest absolute Gasteiger partial charge is 0.341 e. The van der Waals surface area contributed by atoms with Crippen molar-refractivity contribution < 1.29 is 13.6 Å². The Bertz CT molecular complexity index is 831. The fourth-order valence-corrected chi connectivity index (χ4v) is 1.93. The summed E-state index contributed by atoms with van der Waals surface area (Å²) in [6, 6.07) is 2.46. The van der Waals surface area contributed by atoms with Crippen LogP contribution in [0.15, 0.2) is 24.5 Å². The molecule has 0 spiro atoms. The Balaban J connectivity index is 1.92. The van der Waals surface area contributed by atoms with Crippen LogP contribution in [0.5, 0.6) is 0 Å². The van der Waals surface area contributed by atoms with Crippen molar-refractivity contribution in [3.05, 3.63) is 46.9 Å². The number of aromatic amines is 1. The molecular formula is C12H6ClF2N5O. The number of anilines is 1. The van der Waals surface area contributed by atoms with E-state index in [-0.39, 0.29) is 22.3 Å². The maximum absolute atomic E-state index is 13.1. The second kappa shape index (κ2) is 5.06. The molecule has 2 heterocycles.